The summed E-state index contributed by atoms with van der Waals surface area (Å²) in [6.45, 7) is 2.06. The monoisotopic (exact) mass is 210 g/mol. The fourth-order valence-electron chi connectivity index (χ4n) is 1.31. The van der Waals surface area contributed by atoms with Gasteiger partial charge in [0.15, 0.2) is 5.65 Å². The molecule has 0 fully saturated rings. The number of aromatic nitrogens is 4. The number of alkyl halides is 1. The van der Waals surface area contributed by atoms with E-state index >= 15 is 0 Å². The van der Waals surface area contributed by atoms with Gasteiger partial charge in [0.2, 0.25) is 0 Å². The molecule has 0 bridgehead atoms. The van der Waals surface area contributed by atoms with Crippen molar-refractivity contribution in [1.29, 1.82) is 0 Å². The van der Waals surface area contributed by atoms with E-state index < -0.39 is 0 Å². The molecule has 2 aromatic rings. The lowest BCUT2D eigenvalue weighted by Crippen LogP contribution is -2.05. The van der Waals surface area contributed by atoms with Crippen molar-refractivity contribution in [2.75, 3.05) is 0 Å². The van der Waals surface area contributed by atoms with Gasteiger partial charge in [0.05, 0.1) is 5.69 Å². The van der Waals surface area contributed by atoms with Gasteiger partial charge in [-0.2, -0.15) is 0 Å². The maximum absolute atomic E-state index is 6.07. The molecule has 0 spiro atoms. The van der Waals surface area contributed by atoms with Crippen molar-refractivity contribution < 1.29 is 0 Å². The van der Waals surface area contributed by atoms with Crippen molar-refractivity contribution in [3.05, 3.63) is 24.4 Å². The van der Waals surface area contributed by atoms with Crippen molar-refractivity contribution >= 4 is 17.2 Å². The summed E-state index contributed by atoms with van der Waals surface area (Å²) in [5, 5.41) is 7.94. The predicted molar refractivity (Wildman–Crippen MR) is 54.4 cm³/mol. The smallest absolute Gasteiger partial charge is 0.182 e. The SMILES string of the molecule is CCC(Cl)Cc1nccn2cnnc12. The van der Waals surface area contributed by atoms with Crippen molar-refractivity contribution in [1.82, 2.24) is 19.6 Å². The summed E-state index contributed by atoms with van der Waals surface area (Å²) in [5.74, 6) is 0. The second kappa shape index (κ2) is 3.92. The van der Waals surface area contributed by atoms with E-state index in [4.69, 9.17) is 11.6 Å². The van der Waals surface area contributed by atoms with E-state index in [1.807, 2.05) is 10.6 Å². The fraction of sp³-hybridized carbons (Fsp3) is 0.444. The Morgan fingerprint density at radius 2 is 2.43 bits per heavy atom. The molecule has 1 atom stereocenters. The molecule has 2 heterocycles. The Labute approximate surface area is 86.9 Å². The maximum atomic E-state index is 6.07. The molecule has 0 aliphatic rings. The lowest BCUT2D eigenvalue weighted by molar-refractivity contribution is 0.784. The highest BCUT2D eigenvalue weighted by Crippen LogP contribution is 2.12. The van der Waals surface area contributed by atoms with Gasteiger partial charge in [-0.15, -0.1) is 21.8 Å². The van der Waals surface area contributed by atoms with Crippen LogP contribution in [0.25, 0.3) is 5.65 Å². The zero-order chi connectivity index (χ0) is 9.97. The zero-order valence-electron chi connectivity index (χ0n) is 7.89. The Bertz CT molecular complexity index is 425. The number of halogens is 1. The molecule has 2 rings (SSSR count). The molecular formula is C9H11ClN4. The molecule has 1 unspecified atom stereocenters. The number of hydrogen-bond donors (Lipinski definition) is 0. The summed E-state index contributed by atoms with van der Waals surface area (Å²) in [6.07, 6.45) is 6.90. The fourth-order valence-corrected chi connectivity index (χ4v) is 1.46. The molecule has 0 radical (unpaired) electrons. The van der Waals surface area contributed by atoms with Crippen LogP contribution in [0.15, 0.2) is 18.7 Å². The van der Waals surface area contributed by atoms with Crippen molar-refractivity contribution in [3.63, 3.8) is 0 Å². The first-order valence-corrected chi connectivity index (χ1v) is 5.02. The third-order valence-electron chi connectivity index (χ3n) is 2.15. The standard InChI is InChI=1S/C9H11ClN4/c1-2-7(10)5-8-9-13-12-6-14(9)4-3-11-8/h3-4,6-7H,2,5H2,1H3. The predicted octanol–water partition coefficient (Wildman–Crippen LogP) is 1.68. The van der Waals surface area contributed by atoms with E-state index in [1.54, 1.807) is 12.5 Å². The number of hydrogen-bond acceptors (Lipinski definition) is 3. The summed E-state index contributed by atoms with van der Waals surface area (Å²) in [7, 11) is 0. The minimum atomic E-state index is 0.116. The van der Waals surface area contributed by atoms with Gasteiger partial charge in [-0.25, -0.2) is 0 Å². The third-order valence-corrected chi connectivity index (χ3v) is 2.61. The van der Waals surface area contributed by atoms with Crippen LogP contribution in [0, 0.1) is 0 Å². The molecule has 14 heavy (non-hydrogen) atoms. The highest BCUT2D eigenvalue weighted by molar-refractivity contribution is 6.20. The lowest BCUT2D eigenvalue weighted by atomic mass is 10.2. The molecule has 0 saturated carbocycles. The number of rotatable bonds is 3. The Balaban J connectivity index is 2.36. The first kappa shape index (κ1) is 9.40. The van der Waals surface area contributed by atoms with Gasteiger partial charge < -0.3 is 0 Å². The summed E-state index contributed by atoms with van der Waals surface area (Å²) in [6, 6.07) is 0. The van der Waals surface area contributed by atoms with Crippen LogP contribution in [0.3, 0.4) is 0 Å². The van der Waals surface area contributed by atoms with Crippen LogP contribution in [0.2, 0.25) is 0 Å². The lowest BCUT2D eigenvalue weighted by Gasteiger charge is -2.05. The second-order valence-electron chi connectivity index (χ2n) is 3.15. The van der Waals surface area contributed by atoms with E-state index in [2.05, 4.69) is 22.1 Å². The van der Waals surface area contributed by atoms with Crippen LogP contribution in [-0.2, 0) is 6.42 Å². The topological polar surface area (TPSA) is 43.1 Å². The highest BCUT2D eigenvalue weighted by Gasteiger charge is 2.09. The van der Waals surface area contributed by atoms with E-state index in [1.165, 1.54) is 0 Å². The second-order valence-corrected chi connectivity index (χ2v) is 3.76. The Morgan fingerprint density at radius 1 is 1.57 bits per heavy atom. The minimum Gasteiger partial charge on any atom is -0.286 e. The number of nitrogens with zero attached hydrogens (tertiary/aromatic N) is 4. The van der Waals surface area contributed by atoms with Gasteiger partial charge in [0, 0.05) is 24.2 Å². The van der Waals surface area contributed by atoms with Crippen molar-refractivity contribution in [2.45, 2.75) is 25.1 Å². The molecule has 2 aromatic heterocycles. The van der Waals surface area contributed by atoms with E-state index in [9.17, 15) is 0 Å². The van der Waals surface area contributed by atoms with Gasteiger partial charge in [-0.3, -0.25) is 9.38 Å². The summed E-state index contributed by atoms with van der Waals surface area (Å²) in [4.78, 5) is 4.26. The molecular weight excluding hydrogens is 200 g/mol. The van der Waals surface area contributed by atoms with Crippen molar-refractivity contribution in [2.24, 2.45) is 0 Å². The molecule has 0 aliphatic carbocycles. The first-order chi connectivity index (χ1) is 6.81. The van der Waals surface area contributed by atoms with Crippen LogP contribution < -0.4 is 0 Å². The molecule has 0 N–H and O–H groups in total. The van der Waals surface area contributed by atoms with E-state index in [-0.39, 0.29) is 5.38 Å². The van der Waals surface area contributed by atoms with Gasteiger partial charge in [0.25, 0.3) is 0 Å². The highest BCUT2D eigenvalue weighted by atomic mass is 35.5. The molecule has 0 aromatic carbocycles. The van der Waals surface area contributed by atoms with E-state index in [0.29, 0.717) is 0 Å². The van der Waals surface area contributed by atoms with Crippen LogP contribution >= 0.6 is 11.6 Å². The minimum absolute atomic E-state index is 0.116. The Morgan fingerprint density at radius 3 is 3.21 bits per heavy atom. The largest absolute Gasteiger partial charge is 0.286 e. The summed E-state index contributed by atoms with van der Waals surface area (Å²) >= 11 is 6.07. The molecule has 4 nitrogen and oxygen atoms in total. The van der Waals surface area contributed by atoms with Gasteiger partial charge in [-0.05, 0) is 6.42 Å². The van der Waals surface area contributed by atoms with Crippen LogP contribution in [-0.4, -0.2) is 25.0 Å². The normalized spacial score (nSPS) is 13.3. The Kier molecular flexibility index (Phi) is 2.63. The van der Waals surface area contributed by atoms with Crippen LogP contribution in [0.1, 0.15) is 19.0 Å². The molecule has 0 aliphatic heterocycles. The van der Waals surface area contributed by atoms with Crippen LogP contribution in [0.5, 0.6) is 0 Å². The van der Waals surface area contributed by atoms with Crippen LogP contribution in [0.4, 0.5) is 0 Å². The molecule has 0 amide bonds. The van der Waals surface area contributed by atoms with E-state index in [0.717, 1.165) is 24.2 Å². The number of fused-ring (bicyclic) bond motifs is 1. The summed E-state index contributed by atoms with van der Waals surface area (Å²) in [5.41, 5.74) is 1.71. The average Bonchev–Trinajstić information content (AvgIpc) is 2.66. The molecule has 5 heteroatoms. The van der Waals surface area contributed by atoms with Gasteiger partial charge in [0.1, 0.15) is 6.33 Å². The zero-order valence-corrected chi connectivity index (χ0v) is 8.65. The van der Waals surface area contributed by atoms with Crippen molar-refractivity contribution in [3.8, 4) is 0 Å². The third kappa shape index (κ3) is 1.70. The Hall–Kier alpha value is -1.16. The maximum Gasteiger partial charge on any atom is 0.182 e. The first-order valence-electron chi connectivity index (χ1n) is 4.58. The molecule has 74 valence electrons. The summed E-state index contributed by atoms with van der Waals surface area (Å²) < 4.78 is 1.85. The molecule has 0 saturated heterocycles. The average molecular weight is 211 g/mol. The van der Waals surface area contributed by atoms with Gasteiger partial charge in [-0.1, -0.05) is 6.92 Å². The quantitative estimate of drug-likeness (QED) is 0.724. The van der Waals surface area contributed by atoms with Gasteiger partial charge >= 0.3 is 0 Å².